The van der Waals surface area contributed by atoms with Gasteiger partial charge in [0.2, 0.25) is 0 Å². The second-order valence-corrected chi connectivity index (χ2v) is 5.69. The van der Waals surface area contributed by atoms with E-state index in [0.29, 0.717) is 19.1 Å². The molecule has 0 aromatic heterocycles. The van der Waals surface area contributed by atoms with Crippen molar-refractivity contribution in [1.82, 2.24) is 4.90 Å². The van der Waals surface area contributed by atoms with E-state index in [-0.39, 0.29) is 6.10 Å². The van der Waals surface area contributed by atoms with Crippen LogP contribution < -0.4 is 4.74 Å². The molecule has 4 heteroatoms. The summed E-state index contributed by atoms with van der Waals surface area (Å²) in [6.45, 7) is 6.97. The number of nitrogens with zero attached hydrogens (tertiary/aromatic N) is 1. The molecule has 1 aromatic rings. The molecule has 1 aliphatic rings. The molecule has 1 N–H and O–H groups in total. The minimum Gasteiger partial charge on any atom is -0.491 e. The van der Waals surface area contributed by atoms with Crippen molar-refractivity contribution in [2.45, 2.75) is 25.9 Å². The molecule has 0 amide bonds. The maximum atomic E-state index is 9.57. The van der Waals surface area contributed by atoms with Crippen LogP contribution in [-0.4, -0.2) is 55.6 Å². The number of aliphatic hydroxyl groups excluding tert-OH is 1. The summed E-state index contributed by atoms with van der Waals surface area (Å²) in [6, 6.07) is 9.81. The average molecular weight is 293 g/mol. The van der Waals surface area contributed by atoms with Crippen molar-refractivity contribution in [1.29, 1.82) is 0 Å². The Bertz CT molecular complexity index is 375. The summed E-state index contributed by atoms with van der Waals surface area (Å²) in [5, 5.41) is 9.57. The zero-order chi connectivity index (χ0) is 14.9. The summed E-state index contributed by atoms with van der Waals surface area (Å²) in [7, 11) is 0. The standard InChI is InChI=1S/C17H27NO3/c1-15(19)16-7-9-18(10-8-16)11-12-20-13-14-21-17-5-3-2-4-6-17/h2-6,15-16,19H,7-14H2,1H3. The number of piperidine rings is 1. The highest BCUT2D eigenvalue weighted by Crippen LogP contribution is 2.20. The highest BCUT2D eigenvalue weighted by atomic mass is 16.5. The van der Waals surface area contributed by atoms with Gasteiger partial charge in [-0.25, -0.2) is 0 Å². The van der Waals surface area contributed by atoms with Gasteiger partial charge in [0.05, 0.1) is 19.3 Å². The van der Waals surface area contributed by atoms with Gasteiger partial charge in [0.1, 0.15) is 12.4 Å². The highest BCUT2D eigenvalue weighted by Gasteiger charge is 2.22. The number of hydrogen-bond donors (Lipinski definition) is 1. The molecular formula is C17H27NO3. The molecule has 1 atom stereocenters. The Hall–Kier alpha value is -1.10. The zero-order valence-corrected chi connectivity index (χ0v) is 12.9. The van der Waals surface area contributed by atoms with E-state index in [1.165, 1.54) is 0 Å². The number of benzene rings is 1. The van der Waals surface area contributed by atoms with Crippen LogP contribution in [0, 0.1) is 5.92 Å². The quantitative estimate of drug-likeness (QED) is 0.746. The lowest BCUT2D eigenvalue weighted by atomic mass is 9.92. The maximum Gasteiger partial charge on any atom is 0.119 e. The van der Waals surface area contributed by atoms with E-state index >= 15 is 0 Å². The predicted octanol–water partition coefficient (Wildman–Crippen LogP) is 2.17. The van der Waals surface area contributed by atoms with E-state index in [0.717, 1.165) is 44.8 Å². The number of aliphatic hydroxyl groups is 1. The topological polar surface area (TPSA) is 41.9 Å². The van der Waals surface area contributed by atoms with E-state index in [4.69, 9.17) is 9.47 Å². The van der Waals surface area contributed by atoms with Crippen LogP contribution in [0.4, 0.5) is 0 Å². The monoisotopic (exact) mass is 293 g/mol. The van der Waals surface area contributed by atoms with Crippen LogP contribution in [0.25, 0.3) is 0 Å². The van der Waals surface area contributed by atoms with Crippen LogP contribution in [0.3, 0.4) is 0 Å². The third-order valence-electron chi connectivity index (χ3n) is 4.11. The first-order valence-corrected chi connectivity index (χ1v) is 7.91. The zero-order valence-electron chi connectivity index (χ0n) is 12.9. The summed E-state index contributed by atoms with van der Waals surface area (Å²) in [5.74, 6) is 1.36. The van der Waals surface area contributed by atoms with Gasteiger partial charge in [0, 0.05) is 6.54 Å². The molecule has 4 nitrogen and oxygen atoms in total. The molecule has 2 rings (SSSR count). The summed E-state index contributed by atoms with van der Waals surface area (Å²) >= 11 is 0. The van der Waals surface area contributed by atoms with Gasteiger partial charge in [-0.2, -0.15) is 0 Å². The van der Waals surface area contributed by atoms with Crippen molar-refractivity contribution >= 4 is 0 Å². The van der Waals surface area contributed by atoms with Crippen molar-refractivity contribution in [3.8, 4) is 5.75 Å². The molecule has 0 radical (unpaired) electrons. The predicted molar refractivity (Wildman–Crippen MR) is 83.6 cm³/mol. The van der Waals surface area contributed by atoms with E-state index in [9.17, 15) is 5.11 Å². The molecule has 21 heavy (non-hydrogen) atoms. The van der Waals surface area contributed by atoms with Gasteiger partial charge in [-0.3, -0.25) is 0 Å². The van der Waals surface area contributed by atoms with Crippen LogP contribution >= 0.6 is 0 Å². The van der Waals surface area contributed by atoms with Gasteiger partial charge >= 0.3 is 0 Å². The maximum absolute atomic E-state index is 9.57. The Morgan fingerprint density at radius 3 is 2.52 bits per heavy atom. The molecule has 0 saturated carbocycles. The molecule has 1 aromatic carbocycles. The molecule has 118 valence electrons. The van der Waals surface area contributed by atoms with E-state index < -0.39 is 0 Å². The first kappa shape index (κ1) is 16.3. The molecule has 0 aliphatic carbocycles. The van der Waals surface area contributed by atoms with Crippen LogP contribution in [0.5, 0.6) is 5.75 Å². The fraction of sp³-hybridized carbons (Fsp3) is 0.647. The fourth-order valence-corrected chi connectivity index (χ4v) is 2.69. The second-order valence-electron chi connectivity index (χ2n) is 5.69. The Morgan fingerprint density at radius 2 is 1.86 bits per heavy atom. The van der Waals surface area contributed by atoms with Crippen LogP contribution in [0.2, 0.25) is 0 Å². The molecule has 1 unspecified atom stereocenters. The lowest BCUT2D eigenvalue weighted by Crippen LogP contribution is -2.38. The number of rotatable bonds is 8. The number of ether oxygens (including phenoxy) is 2. The summed E-state index contributed by atoms with van der Waals surface area (Å²) < 4.78 is 11.2. The van der Waals surface area contributed by atoms with E-state index in [2.05, 4.69) is 4.90 Å². The molecule has 1 aliphatic heterocycles. The van der Waals surface area contributed by atoms with Gasteiger partial charge < -0.3 is 19.5 Å². The Balaban J connectivity index is 1.47. The van der Waals surface area contributed by atoms with Crippen LogP contribution in [-0.2, 0) is 4.74 Å². The summed E-state index contributed by atoms with van der Waals surface area (Å²) in [6.07, 6.45) is 2.02. The van der Waals surface area contributed by atoms with Gasteiger partial charge in [-0.1, -0.05) is 18.2 Å². The first-order chi connectivity index (χ1) is 10.3. The Labute approximate surface area is 127 Å². The minimum atomic E-state index is -0.168. The number of para-hydroxylation sites is 1. The minimum absolute atomic E-state index is 0.168. The van der Waals surface area contributed by atoms with Crippen molar-refractivity contribution in [3.63, 3.8) is 0 Å². The number of likely N-dealkylation sites (tertiary alicyclic amines) is 1. The van der Waals surface area contributed by atoms with Crippen molar-refractivity contribution in [2.24, 2.45) is 5.92 Å². The summed E-state index contributed by atoms with van der Waals surface area (Å²) in [5.41, 5.74) is 0. The van der Waals surface area contributed by atoms with Crippen LogP contribution in [0.15, 0.2) is 30.3 Å². The third kappa shape index (κ3) is 6.04. The van der Waals surface area contributed by atoms with Gasteiger partial charge in [0.15, 0.2) is 0 Å². The normalized spacial score (nSPS) is 18.6. The smallest absolute Gasteiger partial charge is 0.119 e. The summed E-state index contributed by atoms with van der Waals surface area (Å²) in [4.78, 5) is 2.41. The van der Waals surface area contributed by atoms with Gasteiger partial charge in [-0.15, -0.1) is 0 Å². The second kappa shape index (κ2) is 9.03. The molecule has 1 heterocycles. The van der Waals surface area contributed by atoms with E-state index in [1.807, 2.05) is 37.3 Å². The van der Waals surface area contributed by atoms with Crippen molar-refractivity contribution in [2.75, 3.05) is 39.5 Å². The van der Waals surface area contributed by atoms with Gasteiger partial charge in [-0.05, 0) is 50.9 Å². The van der Waals surface area contributed by atoms with E-state index in [1.54, 1.807) is 0 Å². The molecule has 0 bridgehead atoms. The highest BCUT2D eigenvalue weighted by molar-refractivity contribution is 5.20. The Morgan fingerprint density at radius 1 is 1.14 bits per heavy atom. The lowest BCUT2D eigenvalue weighted by Gasteiger charge is -2.33. The lowest BCUT2D eigenvalue weighted by molar-refractivity contribution is 0.0464. The number of hydrogen-bond acceptors (Lipinski definition) is 4. The molecule has 0 spiro atoms. The fourth-order valence-electron chi connectivity index (χ4n) is 2.69. The van der Waals surface area contributed by atoms with Crippen LogP contribution in [0.1, 0.15) is 19.8 Å². The average Bonchev–Trinajstić information content (AvgIpc) is 2.52. The van der Waals surface area contributed by atoms with Gasteiger partial charge in [0.25, 0.3) is 0 Å². The van der Waals surface area contributed by atoms with Crippen molar-refractivity contribution in [3.05, 3.63) is 30.3 Å². The SMILES string of the molecule is CC(O)C1CCN(CCOCCOc2ccccc2)CC1. The molecule has 1 saturated heterocycles. The molecular weight excluding hydrogens is 266 g/mol. The third-order valence-corrected chi connectivity index (χ3v) is 4.11. The largest absolute Gasteiger partial charge is 0.491 e. The first-order valence-electron chi connectivity index (χ1n) is 7.91. The Kier molecular flexibility index (Phi) is 7.00. The molecule has 1 fully saturated rings. The van der Waals surface area contributed by atoms with Crippen molar-refractivity contribution < 1.29 is 14.6 Å².